The average molecular weight is 470 g/mol. The molecule has 1 N–H and O–H groups in total. The van der Waals surface area contributed by atoms with Crippen molar-refractivity contribution < 1.29 is 28.6 Å². The van der Waals surface area contributed by atoms with Crippen LogP contribution in [0.2, 0.25) is 0 Å². The number of rotatable bonds is 24. The highest BCUT2D eigenvalue weighted by molar-refractivity contribution is 6.36. The van der Waals surface area contributed by atoms with Crippen LogP contribution >= 0.6 is 0 Å². The highest BCUT2D eigenvalue weighted by Crippen LogP contribution is 2.06. The SMILES string of the molecule is CCCCCC(=O)C(=O)NCCCC/C=C/CCCCCC(=O)OCCOCCOCCC. The number of ether oxygens (including phenoxy) is 3. The minimum Gasteiger partial charge on any atom is -0.463 e. The van der Waals surface area contributed by atoms with E-state index in [4.69, 9.17) is 14.2 Å². The van der Waals surface area contributed by atoms with Crippen molar-refractivity contribution in [3.63, 3.8) is 0 Å². The molecule has 0 saturated heterocycles. The second kappa shape index (κ2) is 24.9. The molecule has 0 heterocycles. The van der Waals surface area contributed by atoms with Gasteiger partial charge in [-0.05, 0) is 51.4 Å². The minimum absolute atomic E-state index is 0.161. The molecule has 0 aliphatic carbocycles. The van der Waals surface area contributed by atoms with Crippen LogP contribution in [0.4, 0.5) is 0 Å². The lowest BCUT2D eigenvalue weighted by Gasteiger charge is -2.06. The summed E-state index contributed by atoms with van der Waals surface area (Å²) in [4.78, 5) is 34.9. The second-order valence-electron chi connectivity index (χ2n) is 8.15. The highest BCUT2D eigenvalue weighted by Gasteiger charge is 2.11. The van der Waals surface area contributed by atoms with Crippen LogP contribution in [-0.2, 0) is 28.6 Å². The van der Waals surface area contributed by atoms with E-state index < -0.39 is 5.91 Å². The van der Waals surface area contributed by atoms with Crippen molar-refractivity contribution in [2.45, 2.75) is 97.3 Å². The molecule has 0 atom stereocenters. The summed E-state index contributed by atoms with van der Waals surface area (Å²) in [7, 11) is 0. The number of carbonyl (C=O) groups is 3. The quantitative estimate of drug-likeness (QED) is 0.0934. The van der Waals surface area contributed by atoms with E-state index in [1.165, 1.54) is 0 Å². The summed E-state index contributed by atoms with van der Waals surface area (Å²) in [6, 6.07) is 0. The smallest absolute Gasteiger partial charge is 0.305 e. The van der Waals surface area contributed by atoms with E-state index in [2.05, 4.69) is 31.3 Å². The maximum atomic E-state index is 11.7. The van der Waals surface area contributed by atoms with Gasteiger partial charge in [0, 0.05) is 26.0 Å². The Morgan fingerprint density at radius 1 is 0.667 bits per heavy atom. The van der Waals surface area contributed by atoms with Gasteiger partial charge in [0.25, 0.3) is 5.91 Å². The standard InChI is InChI=1S/C26H47NO6/c1-3-5-13-16-24(28)26(30)27-18-15-12-10-8-6-7-9-11-14-17-25(29)33-23-22-32-21-20-31-19-4-2/h6,8H,3-5,7,9-23H2,1-2H3,(H,27,30)/b8-6+. The first-order valence-electron chi connectivity index (χ1n) is 12.9. The monoisotopic (exact) mass is 469 g/mol. The molecule has 0 saturated carbocycles. The van der Waals surface area contributed by atoms with Crippen molar-refractivity contribution in [1.29, 1.82) is 0 Å². The average Bonchev–Trinajstić information content (AvgIpc) is 2.81. The van der Waals surface area contributed by atoms with Crippen LogP contribution in [0.1, 0.15) is 97.3 Å². The number of amides is 1. The van der Waals surface area contributed by atoms with Gasteiger partial charge >= 0.3 is 5.97 Å². The van der Waals surface area contributed by atoms with E-state index >= 15 is 0 Å². The van der Waals surface area contributed by atoms with Crippen molar-refractivity contribution >= 4 is 17.7 Å². The Labute approximate surface area is 201 Å². The maximum Gasteiger partial charge on any atom is 0.305 e. The number of ketones is 1. The summed E-state index contributed by atoms with van der Waals surface area (Å²) in [5.74, 6) is -0.896. The van der Waals surface area contributed by atoms with Gasteiger partial charge in [0.2, 0.25) is 5.78 Å². The molecule has 0 rings (SSSR count). The molecule has 0 aliphatic rings. The van der Waals surface area contributed by atoms with Gasteiger partial charge in [-0.1, -0.05) is 45.3 Å². The molecule has 7 nitrogen and oxygen atoms in total. The van der Waals surface area contributed by atoms with Crippen molar-refractivity contribution in [2.75, 3.05) is 39.6 Å². The van der Waals surface area contributed by atoms with Crippen molar-refractivity contribution in [3.8, 4) is 0 Å². The van der Waals surface area contributed by atoms with Gasteiger partial charge in [-0.25, -0.2) is 0 Å². The predicted octanol–water partition coefficient (Wildman–Crippen LogP) is 4.92. The first kappa shape index (κ1) is 31.3. The summed E-state index contributed by atoms with van der Waals surface area (Å²) >= 11 is 0. The van der Waals surface area contributed by atoms with Gasteiger partial charge in [-0.15, -0.1) is 0 Å². The lowest BCUT2D eigenvalue weighted by molar-refractivity contribution is -0.145. The number of hydrogen-bond acceptors (Lipinski definition) is 6. The molecule has 0 aliphatic heterocycles. The van der Waals surface area contributed by atoms with Crippen molar-refractivity contribution in [3.05, 3.63) is 12.2 Å². The Hall–Kier alpha value is -1.73. The molecule has 0 fully saturated rings. The van der Waals surface area contributed by atoms with E-state index in [9.17, 15) is 14.4 Å². The van der Waals surface area contributed by atoms with E-state index in [0.717, 1.165) is 77.2 Å². The zero-order chi connectivity index (χ0) is 24.4. The molecular formula is C26H47NO6. The molecule has 7 heteroatoms. The fourth-order valence-corrected chi connectivity index (χ4v) is 3.03. The summed E-state index contributed by atoms with van der Waals surface area (Å²) in [5.41, 5.74) is 0. The molecule has 0 spiro atoms. The van der Waals surface area contributed by atoms with Gasteiger partial charge in [-0.3, -0.25) is 14.4 Å². The maximum absolute atomic E-state index is 11.7. The summed E-state index contributed by atoms with van der Waals surface area (Å²) in [5, 5.41) is 2.71. The van der Waals surface area contributed by atoms with Gasteiger partial charge in [0.1, 0.15) is 6.61 Å². The Morgan fingerprint density at radius 2 is 1.30 bits per heavy atom. The summed E-state index contributed by atoms with van der Waals surface area (Å²) < 4.78 is 15.8. The van der Waals surface area contributed by atoms with Crippen LogP contribution < -0.4 is 5.32 Å². The molecular weight excluding hydrogens is 422 g/mol. The minimum atomic E-state index is -0.438. The van der Waals surface area contributed by atoms with Gasteiger partial charge in [-0.2, -0.15) is 0 Å². The zero-order valence-electron chi connectivity index (χ0n) is 21.0. The van der Waals surface area contributed by atoms with Crippen molar-refractivity contribution in [1.82, 2.24) is 5.32 Å². The van der Waals surface area contributed by atoms with Crippen LogP contribution in [0.3, 0.4) is 0 Å². The Morgan fingerprint density at radius 3 is 2.00 bits per heavy atom. The molecule has 0 aromatic rings. The third-order valence-corrected chi connectivity index (χ3v) is 4.97. The predicted molar refractivity (Wildman–Crippen MR) is 131 cm³/mol. The molecule has 0 radical (unpaired) electrons. The lowest BCUT2D eigenvalue weighted by atomic mass is 10.1. The molecule has 0 aromatic carbocycles. The number of nitrogens with one attached hydrogen (secondary N) is 1. The largest absolute Gasteiger partial charge is 0.463 e. The second-order valence-corrected chi connectivity index (χ2v) is 8.15. The Kier molecular flexibility index (Phi) is 23.6. The van der Waals surface area contributed by atoms with Crippen LogP contribution in [0.15, 0.2) is 12.2 Å². The third kappa shape index (κ3) is 23.2. The van der Waals surface area contributed by atoms with Crippen LogP contribution in [-0.4, -0.2) is 57.2 Å². The zero-order valence-corrected chi connectivity index (χ0v) is 21.0. The van der Waals surface area contributed by atoms with Crippen LogP contribution in [0.25, 0.3) is 0 Å². The first-order chi connectivity index (χ1) is 16.1. The molecule has 192 valence electrons. The number of esters is 1. The van der Waals surface area contributed by atoms with Gasteiger partial charge in [0.15, 0.2) is 0 Å². The number of Topliss-reactive ketones (excluding diaryl/α,β-unsaturated/α-hetero) is 1. The topological polar surface area (TPSA) is 90.9 Å². The highest BCUT2D eigenvalue weighted by atomic mass is 16.6. The number of allylic oxidation sites excluding steroid dienone is 2. The van der Waals surface area contributed by atoms with Crippen LogP contribution in [0.5, 0.6) is 0 Å². The normalized spacial score (nSPS) is 11.1. The molecule has 0 aromatic heterocycles. The number of hydrogen-bond donors (Lipinski definition) is 1. The third-order valence-electron chi connectivity index (χ3n) is 4.97. The number of unbranched alkanes of at least 4 members (excludes halogenated alkanes) is 7. The van der Waals surface area contributed by atoms with Gasteiger partial charge < -0.3 is 19.5 Å². The van der Waals surface area contributed by atoms with Gasteiger partial charge in [0.05, 0.1) is 19.8 Å². The summed E-state index contributed by atoms with van der Waals surface area (Å²) in [6.07, 6.45) is 15.7. The Balaban J connectivity index is 3.38. The van der Waals surface area contributed by atoms with E-state index in [-0.39, 0.29) is 11.8 Å². The number of carbonyl (C=O) groups excluding carboxylic acids is 3. The van der Waals surface area contributed by atoms with E-state index in [0.29, 0.717) is 45.8 Å². The Bertz CT molecular complexity index is 521. The molecule has 1 amide bonds. The molecule has 33 heavy (non-hydrogen) atoms. The van der Waals surface area contributed by atoms with Crippen LogP contribution in [0, 0.1) is 0 Å². The fourth-order valence-electron chi connectivity index (χ4n) is 3.03. The molecule has 0 bridgehead atoms. The van der Waals surface area contributed by atoms with Crippen molar-refractivity contribution in [2.24, 2.45) is 0 Å². The fraction of sp³-hybridized carbons (Fsp3) is 0.808. The first-order valence-corrected chi connectivity index (χ1v) is 12.9. The lowest BCUT2D eigenvalue weighted by Crippen LogP contribution is -2.31. The van der Waals surface area contributed by atoms with E-state index in [1.54, 1.807) is 0 Å². The summed E-state index contributed by atoms with van der Waals surface area (Å²) in [6.45, 7) is 7.26. The van der Waals surface area contributed by atoms with E-state index in [1.807, 2.05) is 0 Å². The molecule has 0 unspecified atom stereocenters.